The van der Waals surface area contributed by atoms with E-state index in [2.05, 4.69) is 18.7 Å². The molecule has 1 aromatic rings. The monoisotopic (exact) mass is 316 g/mol. The minimum absolute atomic E-state index is 0.000865. The van der Waals surface area contributed by atoms with E-state index in [1.165, 1.54) is 6.07 Å². The molecule has 0 radical (unpaired) electrons. The van der Waals surface area contributed by atoms with E-state index < -0.39 is 11.7 Å². The number of anilines is 1. The van der Waals surface area contributed by atoms with E-state index in [1.54, 1.807) is 0 Å². The zero-order chi connectivity index (χ0) is 15.8. The quantitative estimate of drug-likeness (QED) is 0.837. The molecule has 1 aliphatic heterocycles. The molecule has 2 rings (SSSR count). The largest absolute Gasteiger partial charge is 0.416 e. The van der Waals surface area contributed by atoms with E-state index >= 15 is 0 Å². The van der Waals surface area contributed by atoms with Crippen molar-refractivity contribution in [2.24, 2.45) is 11.1 Å². The number of hydrogen-bond donors (Lipinski definition) is 1. The van der Waals surface area contributed by atoms with Crippen LogP contribution in [0.1, 0.15) is 37.8 Å². The van der Waals surface area contributed by atoms with Gasteiger partial charge in [0.2, 0.25) is 0 Å². The smallest absolute Gasteiger partial charge is 0.389 e. The second-order valence-electron chi connectivity index (χ2n) is 6.25. The van der Waals surface area contributed by atoms with Crippen molar-refractivity contribution in [3.8, 4) is 0 Å². The third kappa shape index (κ3) is 3.67. The average molecular weight is 316 g/mol. The lowest BCUT2D eigenvalue weighted by Gasteiger charge is -2.39. The summed E-state index contributed by atoms with van der Waals surface area (Å²) in [5, 5.41) is 0. The van der Waals surface area contributed by atoms with Crippen LogP contribution >= 0.6 is 12.2 Å². The highest BCUT2D eigenvalue weighted by Gasteiger charge is 2.32. The van der Waals surface area contributed by atoms with Crippen LogP contribution in [0.3, 0.4) is 0 Å². The lowest BCUT2D eigenvalue weighted by atomic mass is 9.82. The number of benzene rings is 1. The van der Waals surface area contributed by atoms with Crippen molar-refractivity contribution < 1.29 is 13.2 Å². The Hall–Kier alpha value is -1.30. The number of piperidine rings is 1. The Labute approximate surface area is 128 Å². The molecule has 0 saturated carbocycles. The Morgan fingerprint density at radius 1 is 1.24 bits per heavy atom. The summed E-state index contributed by atoms with van der Waals surface area (Å²) in [6, 6.07) is 3.63. The summed E-state index contributed by atoms with van der Waals surface area (Å²) in [4.78, 5) is 2.07. The molecule has 0 bridgehead atoms. The Balaban J connectivity index is 2.34. The first-order chi connectivity index (χ1) is 9.60. The minimum Gasteiger partial charge on any atom is -0.389 e. The number of alkyl halides is 3. The molecular weight excluding hydrogens is 297 g/mol. The topological polar surface area (TPSA) is 29.3 Å². The highest BCUT2D eigenvalue weighted by molar-refractivity contribution is 7.80. The first-order valence-electron chi connectivity index (χ1n) is 6.86. The van der Waals surface area contributed by atoms with Gasteiger partial charge in [0.05, 0.1) is 5.56 Å². The predicted octanol–water partition coefficient (Wildman–Crippen LogP) is 3.97. The van der Waals surface area contributed by atoms with E-state index in [0.717, 1.165) is 38.1 Å². The minimum atomic E-state index is -4.39. The van der Waals surface area contributed by atoms with Crippen molar-refractivity contribution in [1.82, 2.24) is 0 Å². The summed E-state index contributed by atoms with van der Waals surface area (Å²) in [6.45, 7) is 6.00. The van der Waals surface area contributed by atoms with Gasteiger partial charge in [-0.2, -0.15) is 13.2 Å². The van der Waals surface area contributed by atoms with Crippen LogP contribution < -0.4 is 10.6 Å². The van der Waals surface area contributed by atoms with Gasteiger partial charge in [-0.1, -0.05) is 26.1 Å². The van der Waals surface area contributed by atoms with Gasteiger partial charge < -0.3 is 10.6 Å². The summed E-state index contributed by atoms with van der Waals surface area (Å²) >= 11 is 4.93. The Bertz CT molecular complexity index is 542. The van der Waals surface area contributed by atoms with Gasteiger partial charge in [0.25, 0.3) is 0 Å². The molecule has 2 N–H and O–H groups in total. The lowest BCUT2D eigenvalue weighted by molar-refractivity contribution is -0.137. The highest BCUT2D eigenvalue weighted by Crippen LogP contribution is 2.36. The second-order valence-corrected chi connectivity index (χ2v) is 6.69. The molecule has 1 aromatic carbocycles. The molecule has 1 fully saturated rings. The zero-order valence-corrected chi connectivity index (χ0v) is 12.9. The van der Waals surface area contributed by atoms with Crippen LogP contribution in [0.4, 0.5) is 18.9 Å². The molecule has 6 heteroatoms. The Kier molecular flexibility index (Phi) is 4.19. The standard InChI is InChI=1S/C15H19F3N2S/c1-14(2)5-7-20(8-6-14)12-4-3-10(15(16,17)18)9-11(12)13(19)21/h3-4,9H,5-8H2,1-2H3,(H2,19,21). The molecule has 2 nitrogen and oxygen atoms in total. The molecular formula is C15H19F3N2S. The number of nitrogens with two attached hydrogens (primary N) is 1. The maximum absolute atomic E-state index is 12.8. The molecule has 116 valence electrons. The van der Waals surface area contributed by atoms with Gasteiger partial charge >= 0.3 is 6.18 Å². The normalized spacial score (nSPS) is 18.6. The van der Waals surface area contributed by atoms with Crippen molar-refractivity contribution in [2.45, 2.75) is 32.9 Å². The number of nitrogens with zero attached hydrogens (tertiary/aromatic N) is 1. The van der Waals surface area contributed by atoms with Gasteiger partial charge in [0, 0.05) is 24.3 Å². The van der Waals surface area contributed by atoms with Gasteiger partial charge in [-0.05, 0) is 36.5 Å². The summed E-state index contributed by atoms with van der Waals surface area (Å²) in [7, 11) is 0. The molecule has 1 heterocycles. The van der Waals surface area contributed by atoms with Gasteiger partial charge in [0.1, 0.15) is 4.99 Å². The van der Waals surface area contributed by atoms with Crippen LogP contribution in [0.25, 0.3) is 0 Å². The van der Waals surface area contributed by atoms with Crippen LogP contribution in [-0.2, 0) is 6.18 Å². The van der Waals surface area contributed by atoms with E-state index in [4.69, 9.17) is 18.0 Å². The van der Waals surface area contributed by atoms with Crippen molar-refractivity contribution >= 4 is 22.9 Å². The maximum atomic E-state index is 12.8. The first-order valence-corrected chi connectivity index (χ1v) is 7.27. The molecule has 0 unspecified atom stereocenters. The third-order valence-corrected chi connectivity index (χ3v) is 4.27. The van der Waals surface area contributed by atoms with E-state index in [9.17, 15) is 13.2 Å². The van der Waals surface area contributed by atoms with Crippen molar-refractivity contribution in [3.63, 3.8) is 0 Å². The number of rotatable bonds is 2. The molecule has 0 amide bonds. The fourth-order valence-electron chi connectivity index (χ4n) is 2.54. The van der Waals surface area contributed by atoms with Gasteiger partial charge in [-0.3, -0.25) is 0 Å². The average Bonchev–Trinajstić information content (AvgIpc) is 2.37. The number of halogens is 3. The summed E-state index contributed by atoms with van der Waals surface area (Å²) in [5.41, 5.74) is 6.18. The van der Waals surface area contributed by atoms with Crippen molar-refractivity contribution in [1.29, 1.82) is 0 Å². The molecule has 0 aromatic heterocycles. The zero-order valence-electron chi connectivity index (χ0n) is 12.1. The lowest BCUT2D eigenvalue weighted by Crippen LogP contribution is -2.38. The van der Waals surface area contributed by atoms with E-state index in [1.807, 2.05) is 0 Å². The number of hydrogen-bond acceptors (Lipinski definition) is 2. The fourth-order valence-corrected chi connectivity index (χ4v) is 2.70. The van der Waals surface area contributed by atoms with Crippen LogP contribution in [0.2, 0.25) is 0 Å². The fraction of sp³-hybridized carbons (Fsp3) is 0.533. The number of thiocarbonyl (C=S) groups is 1. The van der Waals surface area contributed by atoms with Gasteiger partial charge in [-0.15, -0.1) is 0 Å². The molecule has 0 spiro atoms. The Morgan fingerprint density at radius 3 is 2.29 bits per heavy atom. The summed E-state index contributed by atoms with van der Waals surface area (Å²) in [5.74, 6) is 0. The van der Waals surface area contributed by atoms with Crippen LogP contribution in [0, 0.1) is 5.41 Å². The SMILES string of the molecule is CC1(C)CCN(c2ccc(C(F)(F)F)cc2C(N)=S)CC1. The third-order valence-electron chi connectivity index (χ3n) is 4.05. The van der Waals surface area contributed by atoms with Crippen LogP contribution in [0.5, 0.6) is 0 Å². The van der Waals surface area contributed by atoms with E-state index in [0.29, 0.717) is 11.3 Å². The molecule has 1 aliphatic rings. The van der Waals surface area contributed by atoms with Gasteiger partial charge in [0.15, 0.2) is 0 Å². The molecule has 21 heavy (non-hydrogen) atoms. The van der Waals surface area contributed by atoms with E-state index in [-0.39, 0.29) is 10.4 Å². The van der Waals surface area contributed by atoms with Crippen molar-refractivity contribution in [3.05, 3.63) is 29.3 Å². The van der Waals surface area contributed by atoms with Crippen LogP contribution in [-0.4, -0.2) is 18.1 Å². The summed E-state index contributed by atoms with van der Waals surface area (Å²) < 4.78 is 38.4. The van der Waals surface area contributed by atoms with Crippen molar-refractivity contribution in [2.75, 3.05) is 18.0 Å². The van der Waals surface area contributed by atoms with Crippen LogP contribution in [0.15, 0.2) is 18.2 Å². The Morgan fingerprint density at radius 2 is 1.81 bits per heavy atom. The highest BCUT2D eigenvalue weighted by atomic mass is 32.1. The molecule has 1 saturated heterocycles. The first kappa shape index (κ1) is 16.1. The molecule has 0 atom stereocenters. The molecule has 0 aliphatic carbocycles. The summed E-state index contributed by atoms with van der Waals surface area (Å²) in [6.07, 6.45) is -2.41. The second kappa shape index (κ2) is 5.48. The maximum Gasteiger partial charge on any atom is 0.416 e. The predicted molar refractivity (Wildman–Crippen MR) is 82.6 cm³/mol. The van der Waals surface area contributed by atoms with Gasteiger partial charge in [-0.25, -0.2) is 0 Å².